The Morgan fingerprint density at radius 1 is 1.36 bits per heavy atom. The number of rotatable bonds is 5. The Labute approximate surface area is 141 Å². The number of thiol groups is 2. The minimum atomic E-state index is -0.951. The lowest BCUT2D eigenvalue weighted by molar-refractivity contribution is -0.132. The van der Waals surface area contributed by atoms with Gasteiger partial charge in [-0.15, -0.1) is 0 Å². The second kappa shape index (κ2) is 6.54. The van der Waals surface area contributed by atoms with E-state index in [1.54, 1.807) is 24.3 Å². The minimum absolute atomic E-state index is 0.0413. The summed E-state index contributed by atoms with van der Waals surface area (Å²) < 4.78 is -0.297. The highest BCUT2D eigenvalue weighted by Crippen LogP contribution is 2.36. The van der Waals surface area contributed by atoms with E-state index in [9.17, 15) is 9.59 Å². The molecule has 1 saturated heterocycles. The molecule has 0 saturated carbocycles. The van der Waals surface area contributed by atoms with Crippen LogP contribution in [0.1, 0.15) is 36.2 Å². The number of likely N-dealkylation sites (tertiary alicyclic amines) is 1. The second-order valence-electron chi connectivity index (χ2n) is 6.25. The number of aromatic carboxylic acids is 1. The number of carboxylic acid groups (broad SMARTS) is 1. The van der Waals surface area contributed by atoms with Crippen molar-refractivity contribution in [2.45, 2.75) is 37.6 Å². The Hall–Kier alpha value is -1.14. The summed E-state index contributed by atoms with van der Waals surface area (Å²) in [5.41, 5.74) is 1.16. The van der Waals surface area contributed by atoms with E-state index in [1.165, 1.54) is 0 Å². The van der Waals surface area contributed by atoms with Crippen LogP contribution in [0.2, 0.25) is 0 Å². The van der Waals surface area contributed by atoms with Crippen LogP contribution in [0, 0.1) is 5.92 Å². The fourth-order valence-corrected chi connectivity index (χ4v) is 3.40. The molecule has 1 aromatic carbocycles. The minimum Gasteiger partial charge on any atom is -0.478 e. The van der Waals surface area contributed by atoms with E-state index in [0.717, 1.165) is 12.0 Å². The molecule has 4 nitrogen and oxygen atoms in total. The summed E-state index contributed by atoms with van der Waals surface area (Å²) in [7, 11) is 0. The van der Waals surface area contributed by atoms with E-state index in [-0.39, 0.29) is 28.2 Å². The van der Waals surface area contributed by atoms with Gasteiger partial charge in [0.25, 0.3) is 0 Å². The Morgan fingerprint density at radius 3 is 2.41 bits per heavy atom. The monoisotopic (exact) mass is 339 g/mol. The summed E-state index contributed by atoms with van der Waals surface area (Å²) in [6.07, 6.45) is 0.756. The van der Waals surface area contributed by atoms with Crippen LogP contribution in [0.5, 0.6) is 0 Å². The quantitative estimate of drug-likeness (QED) is 0.723. The van der Waals surface area contributed by atoms with Gasteiger partial charge in [0, 0.05) is 29.0 Å². The standard InChI is InChI=1S/C16H21NO3S2/c1-16(2,22)13-7-12(9-21)14(18)17(13)8-10-3-5-11(6-4-10)15(19)20/h3-6,12-13,21-22H,7-9H2,1-2H3,(H,19,20)/t12-,13+/m0/s1. The first-order valence-electron chi connectivity index (χ1n) is 7.20. The van der Waals surface area contributed by atoms with E-state index >= 15 is 0 Å². The van der Waals surface area contributed by atoms with Crippen LogP contribution in [0.25, 0.3) is 0 Å². The second-order valence-corrected chi connectivity index (χ2v) is 7.77. The van der Waals surface area contributed by atoms with Gasteiger partial charge in [0.1, 0.15) is 0 Å². The van der Waals surface area contributed by atoms with Gasteiger partial charge in [0.15, 0.2) is 0 Å². The molecule has 0 aliphatic carbocycles. The maximum Gasteiger partial charge on any atom is 0.335 e. The van der Waals surface area contributed by atoms with Gasteiger partial charge in [-0.25, -0.2) is 4.79 Å². The van der Waals surface area contributed by atoms with Crippen LogP contribution in [0.4, 0.5) is 0 Å². The molecule has 1 aliphatic rings. The number of carbonyl (C=O) groups excluding carboxylic acids is 1. The van der Waals surface area contributed by atoms with Crippen LogP contribution < -0.4 is 0 Å². The van der Waals surface area contributed by atoms with E-state index in [1.807, 2.05) is 18.7 Å². The topological polar surface area (TPSA) is 57.6 Å². The number of amides is 1. The van der Waals surface area contributed by atoms with Crippen molar-refractivity contribution in [1.29, 1.82) is 0 Å². The molecule has 1 N–H and O–H groups in total. The van der Waals surface area contributed by atoms with Crippen molar-refractivity contribution in [3.63, 3.8) is 0 Å². The van der Waals surface area contributed by atoms with Crippen LogP contribution >= 0.6 is 25.3 Å². The first kappa shape index (κ1) is 17.2. The largest absolute Gasteiger partial charge is 0.478 e. The lowest BCUT2D eigenvalue weighted by Crippen LogP contribution is -2.43. The van der Waals surface area contributed by atoms with Gasteiger partial charge >= 0.3 is 5.97 Å². The van der Waals surface area contributed by atoms with Gasteiger partial charge in [0.2, 0.25) is 5.91 Å². The predicted octanol–water partition coefficient (Wildman–Crippen LogP) is 2.74. The molecule has 1 fully saturated rings. The molecule has 0 spiro atoms. The molecule has 1 aliphatic heterocycles. The highest BCUT2D eigenvalue weighted by molar-refractivity contribution is 7.81. The highest BCUT2D eigenvalue weighted by Gasteiger charge is 2.44. The van der Waals surface area contributed by atoms with Gasteiger partial charge < -0.3 is 10.0 Å². The van der Waals surface area contributed by atoms with Crippen molar-refractivity contribution in [3.8, 4) is 0 Å². The predicted molar refractivity (Wildman–Crippen MR) is 92.8 cm³/mol. The fraction of sp³-hybridized carbons (Fsp3) is 0.500. The molecule has 0 unspecified atom stereocenters. The van der Waals surface area contributed by atoms with Gasteiger partial charge in [-0.1, -0.05) is 12.1 Å². The molecule has 22 heavy (non-hydrogen) atoms. The first-order chi connectivity index (χ1) is 10.2. The van der Waals surface area contributed by atoms with Crippen molar-refractivity contribution in [2.75, 3.05) is 5.75 Å². The Bertz CT molecular complexity index is 566. The Morgan fingerprint density at radius 2 is 1.95 bits per heavy atom. The summed E-state index contributed by atoms with van der Waals surface area (Å²) in [6, 6.07) is 6.69. The molecule has 0 bridgehead atoms. The molecule has 6 heteroatoms. The third-order valence-corrected chi connectivity index (χ3v) is 4.84. The number of carboxylic acids is 1. The zero-order valence-corrected chi connectivity index (χ0v) is 14.5. The SMILES string of the molecule is CC(C)(S)[C@H]1C[C@@H](CS)C(=O)N1Cc1ccc(C(=O)O)cc1. The molecule has 0 aromatic heterocycles. The molecule has 120 valence electrons. The summed E-state index contributed by atoms with van der Waals surface area (Å²) >= 11 is 8.92. The number of hydrogen-bond acceptors (Lipinski definition) is 4. The maximum absolute atomic E-state index is 12.5. The van der Waals surface area contributed by atoms with Crippen molar-refractivity contribution in [2.24, 2.45) is 5.92 Å². The summed E-state index contributed by atoms with van der Waals surface area (Å²) in [5.74, 6) is -0.385. The molecule has 1 aromatic rings. The molecule has 2 atom stereocenters. The van der Waals surface area contributed by atoms with Gasteiger partial charge in [0.05, 0.1) is 5.56 Å². The zero-order valence-electron chi connectivity index (χ0n) is 12.7. The van der Waals surface area contributed by atoms with E-state index in [4.69, 9.17) is 5.11 Å². The number of nitrogens with zero attached hydrogens (tertiary/aromatic N) is 1. The number of hydrogen-bond donors (Lipinski definition) is 3. The summed E-state index contributed by atoms with van der Waals surface area (Å²) in [6.45, 7) is 4.49. The Balaban J connectivity index is 2.21. The van der Waals surface area contributed by atoms with Crippen LogP contribution in [0.15, 0.2) is 24.3 Å². The molecule has 2 rings (SSSR count). The smallest absolute Gasteiger partial charge is 0.335 e. The molecule has 0 radical (unpaired) electrons. The first-order valence-corrected chi connectivity index (χ1v) is 8.28. The van der Waals surface area contributed by atoms with Gasteiger partial charge in [-0.05, 0) is 38.0 Å². The number of benzene rings is 1. The average molecular weight is 339 g/mol. The van der Waals surface area contributed by atoms with E-state index < -0.39 is 5.97 Å². The van der Waals surface area contributed by atoms with Crippen LogP contribution in [0.3, 0.4) is 0 Å². The van der Waals surface area contributed by atoms with Crippen LogP contribution in [-0.4, -0.2) is 38.4 Å². The lowest BCUT2D eigenvalue weighted by atomic mass is 9.97. The van der Waals surface area contributed by atoms with E-state index in [0.29, 0.717) is 12.3 Å². The average Bonchev–Trinajstić information content (AvgIpc) is 2.76. The third-order valence-electron chi connectivity index (χ3n) is 4.11. The number of carbonyl (C=O) groups is 2. The maximum atomic E-state index is 12.5. The summed E-state index contributed by atoms with van der Waals surface area (Å²) in [4.78, 5) is 25.3. The van der Waals surface area contributed by atoms with E-state index in [2.05, 4.69) is 25.3 Å². The third kappa shape index (κ3) is 3.60. The molecular weight excluding hydrogens is 318 g/mol. The molecular formula is C16H21NO3S2. The van der Waals surface area contributed by atoms with Crippen molar-refractivity contribution >= 4 is 37.1 Å². The van der Waals surface area contributed by atoms with Crippen LogP contribution in [-0.2, 0) is 11.3 Å². The van der Waals surface area contributed by atoms with Crippen molar-refractivity contribution in [3.05, 3.63) is 35.4 Å². The molecule has 1 heterocycles. The van der Waals surface area contributed by atoms with Crippen molar-refractivity contribution in [1.82, 2.24) is 4.90 Å². The zero-order chi connectivity index (χ0) is 16.5. The normalized spacial score (nSPS) is 22.2. The lowest BCUT2D eigenvalue weighted by Gasteiger charge is -2.34. The highest BCUT2D eigenvalue weighted by atomic mass is 32.1. The van der Waals surface area contributed by atoms with Gasteiger partial charge in [-0.2, -0.15) is 25.3 Å². The molecule has 1 amide bonds. The van der Waals surface area contributed by atoms with Gasteiger partial charge in [-0.3, -0.25) is 4.79 Å². The Kier molecular flexibility index (Phi) is 5.12. The van der Waals surface area contributed by atoms with Crippen molar-refractivity contribution < 1.29 is 14.7 Å². The summed E-state index contributed by atoms with van der Waals surface area (Å²) in [5, 5.41) is 8.93. The fourth-order valence-electron chi connectivity index (χ4n) is 2.85.